The van der Waals surface area contributed by atoms with Crippen molar-refractivity contribution in [2.45, 2.75) is 30.9 Å². The molecular weight excluding hydrogens is 477 g/mol. The van der Waals surface area contributed by atoms with Crippen molar-refractivity contribution < 1.29 is 23.4 Å². The molecule has 2 fully saturated rings. The van der Waals surface area contributed by atoms with Crippen LogP contribution in [0.2, 0.25) is 0 Å². The van der Waals surface area contributed by atoms with Crippen LogP contribution in [0.1, 0.15) is 34.8 Å². The molecule has 1 aliphatic carbocycles. The predicted molar refractivity (Wildman–Crippen MR) is 134 cm³/mol. The van der Waals surface area contributed by atoms with Crippen molar-refractivity contribution >= 4 is 28.3 Å². The van der Waals surface area contributed by atoms with Crippen molar-refractivity contribution in [2.75, 3.05) is 25.6 Å². The first-order chi connectivity index (χ1) is 18.1. The number of pyridine rings is 2. The Morgan fingerprint density at radius 1 is 1.22 bits per heavy atom. The molecule has 0 radical (unpaired) electrons. The van der Waals surface area contributed by atoms with E-state index in [-0.39, 0.29) is 29.7 Å². The second kappa shape index (κ2) is 8.45. The van der Waals surface area contributed by atoms with Crippen LogP contribution in [0.5, 0.6) is 11.6 Å². The second-order valence-corrected chi connectivity index (χ2v) is 9.51. The lowest BCUT2D eigenvalue weighted by Crippen LogP contribution is -2.31. The number of benzene rings is 1. The van der Waals surface area contributed by atoms with E-state index in [1.807, 2.05) is 12.1 Å². The van der Waals surface area contributed by atoms with Crippen LogP contribution in [0, 0.1) is 5.82 Å². The number of methoxy groups -OCH3 is 1. The molecule has 4 aromatic rings. The number of hydrogen-bond acceptors (Lipinski definition) is 7. The monoisotopic (exact) mass is 501 g/mol. The van der Waals surface area contributed by atoms with Crippen molar-refractivity contribution in [3.8, 4) is 22.9 Å². The molecular formula is C27H24FN5O4. The van der Waals surface area contributed by atoms with Crippen molar-refractivity contribution in [1.29, 1.82) is 0 Å². The third-order valence-corrected chi connectivity index (χ3v) is 7.17. The summed E-state index contributed by atoms with van der Waals surface area (Å²) in [4.78, 5) is 26.0. The Hall–Kier alpha value is -4.18. The van der Waals surface area contributed by atoms with Gasteiger partial charge < -0.3 is 29.8 Å². The van der Waals surface area contributed by atoms with Gasteiger partial charge in [0.2, 0.25) is 5.88 Å². The molecule has 1 aromatic carbocycles. The van der Waals surface area contributed by atoms with Crippen LogP contribution in [0.4, 0.5) is 15.8 Å². The maximum absolute atomic E-state index is 14.5. The zero-order chi connectivity index (χ0) is 25.1. The van der Waals surface area contributed by atoms with Gasteiger partial charge in [0, 0.05) is 41.9 Å². The fourth-order valence-electron chi connectivity index (χ4n) is 5.28. The minimum atomic E-state index is -0.501. The Kier molecular flexibility index (Phi) is 5.03. The number of rotatable bonds is 6. The average molecular weight is 502 g/mol. The van der Waals surface area contributed by atoms with E-state index in [0.717, 1.165) is 24.1 Å². The molecule has 3 N–H and O–H groups in total. The van der Waals surface area contributed by atoms with E-state index in [1.54, 1.807) is 24.4 Å². The first-order valence-corrected chi connectivity index (χ1v) is 12.3. The summed E-state index contributed by atoms with van der Waals surface area (Å²) >= 11 is 0. The highest BCUT2D eigenvalue weighted by atomic mass is 19.1. The lowest BCUT2D eigenvalue weighted by molar-refractivity contribution is 0.0944. The zero-order valence-electron chi connectivity index (χ0n) is 20.0. The lowest BCUT2D eigenvalue weighted by Gasteiger charge is -2.17. The number of ether oxygens (including phenoxy) is 3. The van der Waals surface area contributed by atoms with Crippen molar-refractivity contribution in [3.05, 3.63) is 59.7 Å². The summed E-state index contributed by atoms with van der Waals surface area (Å²) in [6.07, 6.45) is 3.34. The molecule has 7 rings (SSSR count). The highest BCUT2D eigenvalue weighted by Crippen LogP contribution is 2.50. The molecule has 0 spiro atoms. The van der Waals surface area contributed by atoms with Gasteiger partial charge in [-0.1, -0.05) is 6.07 Å². The topological polar surface area (TPSA) is 110 Å². The molecule has 3 aliphatic rings. The van der Waals surface area contributed by atoms with Crippen LogP contribution in [-0.4, -0.2) is 53.3 Å². The summed E-state index contributed by atoms with van der Waals surface area (Å²) in [6.45, 7) is 1.20. The van der Waals surface area contributed by atoms with E-state index in [0.29, 0.717) is 52.8 Å². The molecule has 3 unspecified atom stereocenters. The number of nitrogens with one attached hydrogen (secondary N) is 3. The highest BCUT2D eigenvalue weighted by molar-refractivity contribution is 6.09. The van der Waals surface area contributed by atoms with Gasteiger partial charge in [-0.2, -0.15) is 0 Å². The maximum Gasteiger partial charge on any atom is 0.255 e. The standard InChI is InChI=1S/C27H24FN5O4/c1-35-26-16(28)3-2-4-18(26)30-25-21-23(15-11-19(15)31-27(21)34)33-24(25)14-7-9-29-17-5-6-20(32-22(14)17)37-13-8-10-36-12-13/h2-7,9,13,15,19,30,33H,8,10-12H2,1H3,(H,31,34). The van der Waals surface area contributed by atoms with Gasteiger partial charge in [-0.3, -0.25) is 9.78 Å². The van der Waals surface area contributed by atoms with E-state index >= 15 is 0 Å². The number of amides is 1. The molecule has 37 heavy (non-hydrogen) atoms. The molecule has 0 bridgehead atoms. The second-order valence-electron chi connectivity index (χ2n) is 9.51. The fraction of sp³-hybridized carbons (Fsp3) is 0.296. The quantitative estimate of drug-likeness (QED) is 0.362. The van der Waals surface area contributed by atoms with Gasteiger partial charge in [-0.05, 0) is 30.7 Å². The smallest absolute Gasteiger partial charge is 0.255 e. The van der Waals surface area contributed by atoms with Gasteiger partial charge in [0.25, 0.3) is 5.91 Å². The normalized spacial score (nSPS) is 21.8. The number of nitrogens with zero attached hydrogens (tertiary/aromatic N) is 2. The summed E-state index contributed by atoms with van der Waals surface area (Å²) in [7, 11) is 1.41. The molecule has 3 atom stereocenters. The number of carbonyl (C=O) groups excluding carboxylic acids is 1. The molecule has 1 amide bonds. The van der Waals surface area contributed by atoms with Crippen molar-refractivity contribution in [3.63, 3.8) is 0 Å². The van der Waals surface area contributed by atoms with E-state index in [9.17, 15) is 9.18 Å². The number of aromatic amines is 1. The van der Waals surface area contributed by atoms with E-state index in [1.165, 1.54) is 13.2 Å². The predicted octanol–water partition coefficient (Wildman–Crippen LogP) is 4.28. The van der Waals surface area contributed by atoms with Gasteiger partial charge in [0.1, 0.15) is 11.6 Å². The van der Waals surface area contributed by atoms with Crippen LogP contribution in [0.3, 0.4) is 0 Å². The number of hydrogen-bond donors (Lipinski definition) is 3. The summed E-state index contributed by atoms with van der Waals surface area (Å²) in [5.74, 6) is 0.0780. The van der Waals surface area contributed by atoms with Crippen LogP contribution < -0.4 is 20.1 Å². The van der Waals surface area contributed by atoms with Crippen LogP contribution in [0.15, 0.2) is 42.6 Å². The maximum atomic E-state index is 14.5. The Bertz CT molecular complexity index is 1550. The number of carbonyl (C=O) groups is 1. The van der Waals surface area contributed by atoms with Crippen molar-refractivity contribution in [1.82, 2.24) is 20.3 Å². The number of fused-ring (bicyclic) bond motifs is 4. The number of para-hydroxylation sites is 1. The number of anilines is 2. The summed E-state index contributed by atoms with van der Waals surface area (Å²) in [5.41, 5.74) is 5.04. The summed E-state index contributed by atoms with van der Waals surface area (Å²) in [5, 5.41) is 6.36. The van der Waals surface area contributed by atoms with Crippen LogP contribution in [-0.2, 0) is 4.74 Å². The van der Waals surface area contributed by atoms with E-state index in [4.69, 9.17) is 19.2 Å². The Morgan fingerprint density at radius 3 is 2.97 bits per heavy atom. The fourth-order valence-corrected chi connectivity index (χ4v) is 5.28. The number of halogens is 1. The highest BCUT2D eigenvalue weighted by Gasteiger charge is 2.48. The molecule has 9 nitrogen and oxygen atoms in total. The first kappa shape index (κ1) is 22.1. The number of H-pyrrole nitrogens is 1. The lowest BCUT2D eigenvalue weighted by atomic mass is 10.0. The molecule has 1 saturated heterocycles. The van der Waals surface area contributed by atoms with E-state index in [2.05, 4.69) is 20.6 Å². The number of aromatic nitrogens is 3. The molecule has 2 aliphatic heterocycles. The minimum absolute atomic E-state index is 0.0453. The van der Waals surface area contributed by atoms with Gasteiger partial charge in [-0.25, -0.2) is 9.37 Å². The van der Waals surface area contributed by atoms with E-state index < -0.39 is 5.82 Å². The van der Waals surface area contributed by atoms with Crippen LogP contribution >= 0.6 is 0 Å². The zero-order valence-corrected chi connectivity index (χ0v) is 20.0. The molecule has 188 valence electrons. The third-order valence-electron chi connectivity index (χ3n) is 7.17. The van der Waals surface area contributed by atoms with Crippen LogP contribution in [0.25, 0.3) is 22.3 Å². The Morgan fingerprint density at radius 2 is 2.14 bits per heavy atom. The average Bonchev–Trinajstić information content (AvgIpc) is 3.30. The van der Waals surface area contributed by atoms with Gasteiger partial charge in [-0.15, -0.1) is 0 Å². The molecule has 10 heteroatoms. The summed E-state index contributed by atoms with van der Waals surface area (Å²) < 4.78 is 31.3. The van der Waals surface area contributed by atoms with Gasteiger partial charge in [0.05, 0.1) is 48.5 Å². The van der Waals surface area contributed by atoms with Crippen molar-refractivity contribution in [2.24, 2.45) is 0 Å². The summed E-state index contributed by atoms with van der Waals surface area (Å²) in [6, 6.07) is 10.3. The third kappa shape index (κ3) is 3.67. The van der Waals surface area contributed by atoms with Gasteiger partial charge >= 0.3 is 0 Å². The molecule has 5 heterocycles. The largest absolute Gasteiger partial charge is 0.492 e. The Labute approximate surface area is 211 Å². The molecule has 1 saturated carbocycles. The SMILES string of the molecule is COc1c(F)cccc1Nc1c(-c2ccnc3ccc(OC4CCOC4)nc23)[nH]c2c1C(=O)NC1CC21. The van der Waals surface area contributed by atoms with Gasteiger partial charge in [0.15, 0.2) is 11.6 Å². The Balaban J connectivity index is 1.39. The minimum Gasteiger partial charge on any atom is -0.492 e. The molecule has 3 aromatic heterocycles. The first-order valence-electron chi connectivity index (χ1n) is 12.3.